The third kappa shape index (κ3) is 4.63. The molecule has 3 nitrogen and oxygen atoms in total. The molecule has 0 aliphatic carbocycles. The molecule has 18 heavy (non-hydrogen) atoms. The Bertz CT molecular complexity index is 358. The van der Waals surface area contributed by atoms with Crippen molar-refractivity contribution < 1.29 is 9.13 Å². The number of nitrogens with one attached hydrogen (secondary N) is 1. The molecule has 0 atom stereocenters. The minimum absolute atomic E-state index is 0.184. The molecule has 0 spiro atoms. The number of rotatable bonds is 8. The second-order valence-electron chi connectivity index (χ2n) is 4.17. The summed E-state index contributed by atoms with van der Waals surface area (Å²) < 4.78 is 18.7. The summed E-state index contributed by atoms with van der Waals surface area (Å²) in [5.41, 5.74) is 1.89. The summed E-state index contributed by atoms with van der Waals surface area (Å²) in [6.07, 6.45) is 0. The monoisotopic (exact) mass is 254 g/mol. The number of likely N-dealkylation sites (N-methyl/N-ethyl adjacent to an activating group) is 1. The number of nitrogens with zero attached hydrogens (tertiary/aromatic N) is 1. The minimum Gasteiger partial charge on any atom is -0.383 e. The first kappa shape index (κ1) is 14.9. The van der Waals surface area contributed by atoms with Crippen LogP contribution in [0.2, 0.25) is 0 Å². The maximum absolute atomic E-state index is 13.6. The summed E-state index contributed by atoms with van der Waals surface area (Å²) in [7, 11) is 1.68. The molecule has 1 aromatic carbocycles. The van der Waals surface area contributed by atoms with E-state index in [0.29, 0.717) is 13.2 Å². The number of ether oxygens (including phenoxy) is 1. The van der Waals surface area contributed by atoms with Gasteiger partial charge in [0.25, 0.3) is 0 Å². The predicted octanol–water partition coefficient (Wildman–Crippen LogP) is 2.41. The van der Waals surface area contributed by atoms with E-state index in [1.807, 2.05) is 13.0 Å². The van der Waals surface area contributed by atoms with Gasteiger partial charge in [0.2, 0.25) is 0 Å². The van der Waals surface area contributed by atoms with Gasteiger partial charge in [-0.25, -0.2) is 4.39 Å². The maximum Gasteiger partial charge on any atom is 0.125 e. The van der Waals surface area contributed by atoms with Crippen LogP contribution in [0.3, 0.4) is 0 Å². The maximum atomic E-state index is 13.6. The minimum atomic E-state index is -0.184. The lowest BCUT2D eigenvalue weighted by Crippen LogP contribution is -2.27. The van der Waals surface area contributed by atoms with Gasteiger partial charge in [-0.15, -0.1) is 0 Å². The molecule has 0 bridgehead atoms. The van der Waals surface area contributed by atoms with Crippen molar-refractivity contribution in [3.63, 3.8) is 0 Å². The largest absolute Gasteiger partial charge is 0.383 e. The predicted molar refractivity (Wildman–Crippen MR) is 73.5 cm³/mol. The molecule has 0 unspecified atom stereocenters. The zero-order valence-corrected chi connectivity index (χ0v) is 11.5. The van der Waals surface area contributed by atoms with Crippen LogP contribution in [-0.2, 0) is 11.3 Å². The van der Waals surface area contributed by atoms with E-state index < -0.39 is 0 Å². The molecule has 0 saturated heterocycles. The van der Waals surface area contributed by atoms with Gasteiger partial charge in [0.05, 0.1) is 6.61 Å². The van der Waals surface area contributed by atoms with Crippen LogP contribution in [0.25, 0.3) is 0 Å². The summed E-state index contributed by atoms with van der Waals surface area (Å²) in [6.45, 7) is 7.94. The van der Waals surface area contributed by atoms with E-state index in [9.17, 15) is 4.39 Å². The Morgan fingerprint density at radius 2 is 2.06 bits per heavy atom. The fourth-order valence-corrected chi connectivity index (χ4v) is 1.86. The average molecular weight is 254 g/mol. The van der Waals surface area contributed by atoms with Crippen molar-refractivity contribution in [1.82, 2.24) is 5.32 Å². The Morgan fingerprint density at radius 3 is 2.67 bits per heavy atom. The highest BCUT2D eigenvalue weighted by atomic mass is 19.1. The van der Waals surface area contributed by atoms with Crippen molar-refractivity contribution in [2.75, 3.05) is 38.3 Å². The van der Waals surface area contributed by atoms with Gasteiger partial charge in [0.1, 0.15) is 5.82 Å². The Morgan fingerprint density at radius 1 is 1.28 bits per heavy atom. The number of benzene rings is 1. The van der Waals surface area contributed by atoms with Crippen molar-refractivity contribution in [1.29, 1.82) is 0 Å². The second kappa shape index (κ2) is 8.06. The lowest BCUT2D eigenvalue weighted by Gasteiger charge is -2.23. The van der Waals surface area contributed by atoms with E-state index in [-0.39, 0.29) is 5.82 Å². The molecule has 0 heterocycles. The molecule has 4 heteroatoms. The molecule has 0 aliphatic heterocycles. The average Bonchev–Trinajstić information content (AvgIpc) is 2.37. The van der Waals surface area contributed by atoms with Crippen LogP contribution in [0.4, 0.5) is 10.1 Å². The van der Waals surface area contributed by atoms with E-state index in [1.54, 1.807) is 19.2 Å². The highest BCUT2D eigenvalue weighted by molar-refractivity contribution is 5.49. The molecule has 0 radical (unpaired) electrons. The van der Waals surface area contributed by atoms with Crippen LogP contribution in [0, 0.1) is 5.82 Å². The highest BCUT2D eigenvalue weighted by Crippen LogP contribution is 2.18. The Labute approximate surface area is 109 Å². The first-order chi connectivity index (χ1) is 8.71. The Kier molecular flexibility index (Phi) is 6.68. The standard InChI is InChI=1S/C14H23FN2O/c1-4-16-11-12-8-13(15)10-14(9-12)17(5-2)6-7-18-3/h8-10,16H,4-7,11H2,1-3H3. The first-order valence-electron chi connectivity index (χ1n) is 6.45. The molecule has 0 aliphatic rings. The Balaban J connectivity index is 2.81. The summed E-state index contributed by atoms with van der Waals surface area (Å²) in [5.74, 6) is -0.184. The lowest BCUT2D eigenvalue weighted by atomic mass is 10.1. The Hall–Kier alpha value is -1.13. The van der Waals surface area contributed by atoms with E-state index in [1.165, 1.54) is 0 Å². The summed E-state index contributed by atoms with van der Waals surface area (Å²) in [6, 6.07) is 5.19. The lowest BCUT2D eigenvalue weighted by molar-refractivity contribution is 0.205. The first-order valence-corrected chi connectivity index (χ1v) is 6.45. The second-order valence-corrected chi connectivity index (χ2v) is 4.17. The SMILES string of the molecule is CCNCc1cc(F)cc(N(CC)CCOC)c1. The van der Waals surface area contributed by atoms with Crippen molar-refractivity contribution in [3.8, 4) is 0 Å². The molecule has 102 valence electrons. The van der Waals surface area contributed by atoms with Crippen molar-refractivity contribution in [3.05, 3.63) is 29.6 Å². The normalized spacial score (nSPS) is 10.7. The number of halogens is 1. The quantitative estimate of drug-likeness (QED) is 0.771. The zero-order valence-electron chi connectivity index (χ0n) is 11.5. The number of hydrogen-bond donors (Lipinski definition) is 1. The smallest absolute Gasteiger partial charge is 0.125 e. The molecule has 0 fully saturated rings. The van der Waals surface area contributed by atoms with E-state index in [2.05, 4.69) is 17.1 Å². The fraction of sp³-hybridized carbons (Fsp3) is 0.571. The third-order valence-electron chi connectivity index (χ3n) is 2.83. The number of anilines is 1. The molecule has 0 aromatic heterocycles. The van der Waals surface area contributed by atoms with E-state index in [0.717, 1.165) is 30.9 Å². The van der Waals surface area contributed by atoms with Crippen molar-refractivity contribution >= 4 is 5.69 Å². The van der Waals surface area contributed by atoms with Gasteiger partial charge in [-0.3, -0.25) is 0 Å². The van der Waals surface area contributed by atoms with Crippen LogP contribution < -0.4 is 10.2 Å². The van der Waals surface area contributed by atoms with Gasteiger partial charge in [-0.2, -0.15) is 0 Å². The van der Waals surface area contributed by atoms with Gasteiger partial charge >= 0.3 is 0 Å². The van der Waals surface area contributed by atoms with Crippen LogP contribution in [0.15, 0.2) is 18.2 Å². The third-order valence-corrected chi connectivity index (χ3v) is 2.83. The van der Waals surface area contributed by atoms with Gasteiger partial charge in [-0.05, 0) is 37.2 Å². The molecule has 1 N–H and O–H groups in total. The highest BCUT2D eigenvalue weighted by Gasteiger charge is 2.07. The van der Waals surface area contributed by atoms with Crippen molar-refractivity contribution in [2.45, 2.75) is 20.4 Å². The molecule has 0 amide bonds. The molecule has 1 rings (SSSR count). The number of methoxy groups -OCH3 is 1. The topological polar surface area (TPSA) is 24.5 Å². The summed E-state index contributed by atoms with van der Waals surface area (Å²) in [5, 5.41) is 3.21. The fourth-order valence-electron chi connectivity index (χ4n) is 1.86. The van der Waals surface area contributed by atoms with Crippen LogP contribution in [-0.4, -0.2) is 33.4 Å². The molecular formula is C14H23FN2O. The van der Waals surface area contributed by atoms with Crippen molar-refractivity contribution in [2.24, 2.45) is 0 Å². The van der Waals surface area contributed by atoms with E-state index >= 15 is 0 Å². The van der Waals surface area contributed by atoms with Gasteiger partial charge in [-0.1, -0.05) is 6.92 Å². The molecular weight excluding hydrogens is 231 g/mol. The van der Waals surface area contributed by atoms with Crippen LogP contribution in [0.1, 0.15) is 19.4 Å². The summed E-state index contributed by atoms with van der Waals surface area (Å²) in [4.78, 5) is 2.11. The molecule has 1 aromatic rings. The van der Waals surface area contributed by atoms with Gasteiger partial charge < -0.3 is 15.0 Å². The zero-order chi connectivity index (χ0) is 13.4. The molecule has 0 saturated carbocycles. The van der Waals surface area contributed by atoms with Crippen LogP contribution >= 0.6 is 0 Å². The van der Waals surface area contributed by atoms with Gasteiger partial charge in [0.15, 0.2) is 0 Å². The van der Waals surface area contributed by atoms with Gasteiger partial charge in [0, 0.05) is 32.4 Å². The van der Waals surface area contributed by atoms with Crippen LogP contribution in [0.5, 0.6) is 0 Å². The number of hydrogen-bond acceptors (Lipinski definition) is 3. The van der Waals surface area contributed by atoms with E-state index in [4.69, 9.17) is 4.74 Å². The summed E-state index contributed by atoms with van der Waals surface area (Å²) >= 11 is 0.